The zero-order chi connectivity index (χ0) is 30.8. The van der Waals surface area contributed by atoms with Crippen molar-refractivity contribution in [1.29, 1.82) is 0 Å². The van der Waals surface area contributed by atoms with Gasteiger partial charge in [-0.15, -0.1) is 0 Å². The van der Waals surface area contributed by atoms with E-state index in [1.165, 1.54) is 24.3 Å². The molecule has 4 atom stereocenters. The molecule has 3 amide bonds. The van der Waals surface area contributed by atoms with Gasteiger partial charge in [0.05, 0.1) is 12.6 Å². The van der Waals surface area contributed by atoms with Crippen LogP contribution in [0.4, 0.5) is 0 Å². The van der Waals surface area contributed by atoms with Gasteiger partial charge in [-0.05, 0) is 35.7 Å². The van der Waals surface area contributed by atoms with Crippen LogP contribution in [0.25, 0.3) is 10.9 Å². The second kappa shape index (κ2) is 14.6. The third kappa shape index (κ3) is 8.78. The normalized spacial score (nSPS) is 13.9. The molecular weight excluding hydrogens is 550 g/mol. The zero-order valence-corrected chi connectivity index (χ0v) is 22.4. The number of aliphatic carboxylic acids is 2. The number of carboxylic acids is 2. The molecule has 10 N–H and O–H groups in total. The van der Waals surface area contributed by atoms with Gasteiger partial charge in [0.25, 0.3) is 0 Å². The molecule has 14 heteroatoms. The average Bonchev–Trinajstić information content (AvgIpc) is 3.37. The Morgan fingerprint density at radius 1 is 0.810 bits per heavy atom. The molecule has 3 rings (SSSR count). The molecule has 42 heavy (non-hydrogen) atoms. The van der Waals surface area contributed by atoms with Crippen molar-refractivity contribution >= 4 is 40.6 Å². The fourth-order valence-electron chi connectivity index (χ4n) is 4.23. The molecule has 0 aliphatic heterocycles. The first-order valence-corrected chi connectivity index (χ1v) is 13.0. The lowest BCUT2D eigenvalue weighted by Gasteiger charge is -2.25. The number of hydrogen-bond acceptors (Lipinski definition) is 8. The van der Waals surface area contributed by atoms with Crippen LogP contribution in [-0.2, 0) is 36.8 Å². The number of para-hydroxylation sites is 1. The fourth-order valence-corrected chi connectivity index (χ4v) is 4.23. The number of hydrogen-bond donors (Lipinski definition) is 9. The number of aromatic nitrogens is 1. The van der Waals surface area contributed by atoms with Crippen molar-refractivity contribution in [2.45, 2.75) is 49.9 Å². The number of carbonyl (C=O) groups excluding carboxylic acids is 3. The van der Waals surface area contributed by atoms with E-state index in [1.54, 1.807) is 12.3 Å². The average molecular weight is 584 g/mol. The van der Waals surface area contributed by atoms with Gasteiger partial charge in [0.2, 0.25) is 17.7 Å². The van der Waals surface area contributed by atoms with Crippen LogP contribution in [0.1, 0.15) is 24.0 Å². The van der Waals surface area contributed by atoms with Gasteiger partial charge in [0, 0.05) is 36.4 Å². The van der Waals surface area contributed by atoms with Gasteiger partial charge < -0.3 is 47.1 Å². The summed E-state index contributed by atoms with van der Waals surface area (Å²) in [7, 11) is 0. The number of nitrogens with one attached hydrogen (secondary N) is 4. The first-order valence-electron chi connectivity index (χ1n) is 13.0. The number of nitrogens with two attached hydrogens (primary N) is 1. The molecule has 4 unspecified atom stereocenters. The Morgan fingerprint density at radius 2 is 1.40 bits per heavy atom. The maximum atomic E-state index is 13.6. The molecule has 0 saturated heterocycles. The van der Waals surface area contributed by atoms with E-state index in [4.69, 9.17) is 10.8 Å². The number of carboxylic acid groups (broad SMARTS) is 2. The Balaban J connectivity index is 1.88. The van der Waals surface area contributed by atoms with Gasteiger partial charge in [0.1, 0.15) is 23.9 Å². The molecule has 14 nitrogen and oxygen atoms in total. The SMILES string of the molecule is NC(CCC(=O)O)C(=O)NC(Cc1c[nH]c2ccccc12)C(=O)NC(Cc1ccc(O)cc1)C(=O)NC(CO)C(=O)O. The van der Waals surface area contributed by atoms with Gasteiger partial charge >= 0.3 is 11.9 Å². The number of phenolic OH excluding ortho intramolecular Hbond substituents is 1. The summed E-state index contributed by atoms with van der Waals surface area (Å²) in [6.07, 6.45) is 0.974. The van der Waals surface area contributed by atoms with Gasteiger partial charge in [-0.3, -0.25) is 19.2 Å². The van der Waals surface area contributed by atoms with Crippen LogP contribution < -0.4 is 21.7 Å². The predicted molar refractivity (Wildman–Crippen MR) is 149 cm³/mol. The Morgan fingerprint density at radius 3 is 2.02 bits per heavy atom. The number of aliphatic hydroxyl groups excluding tert-OH is 1. The lowest BCUT2D eigenvalue weighted by Crippen LogP contribution is -2.58. The number of amides is 3. The maximum Gasteiger partial charge on any atom is 0.328 e. The number of aliphatic hydroxyl groups is 1. The lowest BCUT2D eigenvalue weighted by atomic mass is 10.0. The molecule has 0 aliphatic rings. The highest BCUT2D eigenvalue weighted by Crippen LogP contribution is 2.19. The first-order chi connectivity index (χ1) is 20.0. The number of fused-ring (bicyclic) bond motifs is 1. The monoisotopic (exact) mass is 583 g/mol. The van der Waals surface area contributed by atoms with E-state index in [1.807, 2.05) is 18.2 Å². The highest BCUT2D eigenvalue weighted by Gasteiger charge is 2.31. The summed E-state index contributed by atoms with van der Waals surface area (Å²) in [5.74, 6) is -5.14. The quantitative estimate of drug-likeness (QED) is 0.110. The summed E-state index contributed by atoms with van der Waals surface area (Å²) in [4.78, 5) is 65.0. The molecule has 3 aromatic rings. The summed E-state index contributed by atoms with van der Waals surface area (Å²) >= 11 is 0. The van der Waals surface area contributed by atoms with Crippen LogP contribution in [0.2, 0.25) is 0 Å². The van der Waals surface area contributed by atoms with Crippen molar-refractivity contribution in [1.82, 2.24) is 20.9 Å². The number of H-pyrrole nitrogens is 1. The summed E-state index contributed by atoms with van der Waals surface area (Å²) in [6.45, 7) is -0.894. The van der Waals surface area contributed by atoms with Crippen molar-refractivity contribution in [3.63, 3.8) is 0 Å². The van der Waals surface area contributed by atoms with E-state index in [2.05, 4.69) is 20.9 Å². The Bertz CT molecular complexity index is 1420. The standard InChI is InChI=1S/C28H33N5O9/c29-19(9-10-24(36)37)25(38)31-22(12-16-13-30-20-4-2-1-3-18(16)20)27(40)32-21(11-15-5-7-17(35)8-6-15)26(39)33-23(14-34)28(41)42/h1-8,13,19,21-23,30,34-35H,9-12,14,29H2,(H,31,38)(H,32,40)(H,33,39)(H,36,37)(H,41,42). The summed E-state index contributed by atoms with van der Waals surface area (Å²) in [6, 6.07) is 7.55. The largest absolute Gasteiger partial charge is 0.508 e. The van der Waals surface area contributed by atoms with Crippen molar-refractivity contribution in [3.8, 4) is 5.75 Å². The van der Waals surface area contributed by atoms with Crippen molar-refractivity contribution in [2.75, 3.05) is 6.61 Å². The number of aromatic hydroxyl groups is 1. The topological polar surface area (TPSA) is 244 Å². The van der Waals surface area contributed by atoms with Gasteiger partial charge in [-0.1, -0.05) is 30.3 Å². The minimum atomic E-state index is -1.63. The van der Waals surface area contributed by atoms with Crippen LogP contribution in [0.3, 0.4) is 0 Å². The highest BCUT2D eigenvalue weighted by molar-refractivity contribution is 5.95. The van der Waals surface area contributed by atoms with E-state index in [9.17, 15) is 39.3 Å². The third-order valence-electron chi connectivity index (χ3n) is 6.54. The molecule has 2 aromatic carbocycles. The molecule has 1 heterocycles. The molecule has 0 aliphatic carbocycles. The number of rotatable bonds is 15. The Hall–Kier alpha value is -4.95. The van der Waals surface area contributed by atoms with Crippen molar-refractivity contribution in [3.05, 3.63) is 65.9 Å². The Labute approximate surface area is 239 Å². The van der Waals surface area contributed by atoms with Gasteiger partial charge in [0.15, 0.2) is 0 Å². The van der Waals surface area contributed by atoms with Crippen LogP contribution in [0.15, 0.2) is 54.7 Å². The van der Waals surface area contributed by atoms with Crippen molar-refractivity contribution < 1.29 is 44.4 Å². The minimum Gasteiger partial charge on any atom is -0.508 e. The maximum absolute atomic E-state index is 13.6. The molecule has 1 aromatic heterocycles. The van der Waals surface area contributed by atoms with E-state index in [0.717, 1.165) is 10.9 Å². The first kappa shape index (κ1) is 31.6. The van der Waals surface area contributed by atoms with Crippen LogP contribution >= 0.6 is 0 Å². The molecule has 224 valence electrons. The van der Waals surface area contributed by atoms with Gasteiger partial charge in [-0.25, -0.2) is 4.79 Å². The number of aromatic amines is 1. The highest BCUT2D eigenvalue weighted by atomic mass is 16.4. The van der Waals surface area contributed by atoms with E-state index >= 15 is 0 Å². The smallest absolute Gasteiger partial charge is 0.328 e. The minimum absolute atomic E-state index is 0.0317. The van der Waals surface area contributed by atoms with E-state index < -0.39 is 60.4 Å². The van der Waals surface area contributed by atoms with Crippen LogP contribution in [0, 0.1) is 0 Å². The molecule has 0 bridgehead atoms. The molecular formula is C28H33N5O9. The molecule has 0 radical (unpaired) electrons. The predicted octanol–water partition coefficient (Wildman–Crippen LogP) is -0.618. The molecule has 0 fully saturated rings. The Kier molecular flexibility index (Phi) is 11.0. The van der Waals surface area contributed by atoms with E-state index in [0.29, 0.717) is 11.1 Å². The number of benzene rings is 2. The van der Waals surface area contributed by atoms with Crippen LogP contribution in [0.5, 0.6) is 5.75 Å². The van der Waals surface area contributed by atoms with Crippen LogP contribution in [-0.4, -0.2) is 85.8 Å². The van der Waals surface area contributed by atoms with E-state index in [-0.39, 0.29) is 31.4 Å². The number of carbonyl (C=O) groups is 5. The van der Waals surface area contributed by atoms with Crippen molar-refractivity contribution in [2.24, 2.45) is 5.73 Å². The molecule has 0 spiro atoms. The lowest BCUT2D eigenvalue weighted by molar-refractivity contribution is -0.143. The second-order valence-corrected chi connectivity index (χ2v) is 9.68. The van der Waals surface area contributed by atoms with Gasteiger partial charge in [-0.2, -0.15) is 0 Å². The summed E-state index contributed by atoms with van der Waals surface area (Å²) in [5, 5.41) is 45.2. The number of phenols is 1. The summed E-state index contributed by atoms with van der Waals surface area (Å²) in [5.41, 5.74) is 7.82. The fraction of sp³-hybridized carbons (Fsp3) is 0.321. The molecule has 0 saturated carbocycles. The zero-order valence-electron chi connectivity index (χ0n) is 22.4. The summed E-state index contributed by atoms with van der Waals surface area (Å²) < 4.78 is 0. The second-order valence-electron chi connectivity index (χ2n) is 9.68. The third-order valence-corrected chi connectivity index (χ3v) is 6.54.